The summed E-state index contributed by atoms with van der Waals surface area (Å²) in [7, 11) is 0. The summed E-state index contributed by atoms with van der Waals surface area (Å²) in [6.45, 7) is 15.5. The SMILES string of the molecule is CCOCCOCCOCCCNCC(=O)N1CCN(C(=O)CNCCCOCCOCCOCC)CC1. The number of amides is 2. The van der Waals surface area contributed by atoms with Crippen LogP contribution >= 0.6 is 0 Å². The van der Waals surface area contributed by atoms with Crippen molar-refractivity contribution in [3.05, 3.63) is 0 Å². The van der Waals surface area contributed by atoms with Crippen molar-refractivity contribution in [2.24, 2.45) is 0 Å². The van der Waals surface area contributed by atoms with Gasteiger partial charge in [0.1, 0.15) is 0 Å². The van der Waals surface area contributed by atoms with E-state index in [9.17, 15) is 9.59 Å². The first kappa shape index (κ1) is 34.6. The van der Waals surface area contributed by atoms with Gasteiger partial charge in [-0.3, -0.25) is 9.59 Å². The largest absolute Gasteiger partial charge is 0.379 e. The van der Waals surface area contributed by atoms with E-state index in [1.165, 1.54) is 0 Å². The topological polar surface area (TPSA) is 120 Å². The summed E-state index contributed by atoms with van der Waals surface area (Å²) in [6, 6.07) is 0. The molecule has 38 heavy (non-hydrogen) atoms. The molecule has 1 saturated heterocycles. The molecule has 0 unspecified atom stereocenters. The van der Waals surface area contributed by atoms with Gasteiger partial charge >= 0.3 is 0 Å². The highest BCUT2D eigenvalue weighted by atomic mass is 16.5. The van der Waals surface area contributed by atoms with Crippen LogP contribution in [0, 0.1) is 0 Å². The number of piperazine rings is 1. The van der Waals surface area contributed by atoms with Crippen LogP contribution in [0.5, 0.6) is 0 Å². The van der Waals surface area contributed by atoms with Crippen molar-refractivity contribution in [3.63, 3.8) is 0 Å². The predicted octanol–water partition coefficient (Wildman–Crippen LogP) is -0.244. The van der Waals surface area contributed by atoms with Gasteiger partial charge in [0.2, 0.25) is 11.8 Å². The fraction of sp³-hybridized carbons (Fsp3) is 0.923. The first-order chi connectivity index (χ1) is 18.7. The molecule has 0 aromatic heterocycles. The van der Waals surface area contributed by atoms with Gasteiger partial charge in [0.05, 0.1) is 65.9 Å². The fourth-order valence-corrected chi connectivity index (χ4v) is 3.59. The molecular weight excluding hydrogens is 496 g/mol. The molecule has 1 aliphatic rings. The quantitative estimate of drug-likeness (QED) is 0.140. The minimum absolute atomic E-state index is 0.0681. The fourth-order valence-electron chi connectivity index (χ4n) is 3.59. The highest BCUT2D eigenvalue weighted by molar-refractivity contribution is 5.80. The first-order valence-corrected chi connectivity index (χ1v) is 14.1. The second-order valence-corrected chi connectivity index (χ2v) is 8.67. The van der Waals surface area contributed by atoms with E-state index in [-0.39, 0.29) is 11.8 Å². The maximum absolute atomic E-state index is 12.4. The Balaban J connectivity index is 1.91. The van der Waals surface area contributed by atoms with Gasteiger partial charge in [-0.1, -0.05) is 0 Å². The van der Waals surface area contributed by atoms with Gasteiger partial charge in [-0.2, -0.15) is 0 Å². The van der Waals surface area contributed by atoms with Crippen molar-refractivity contribution in [2.75, 3.05) is 132 Å². The molecule has 0 bridgehead atoms. The molecule has 0 aliphatic carbocycles. The van der Waals surface area contributed by atoms with E-state index in [1.807, 2.05) is 23.6 Å². The Morgan fingerprint density at radius 2 is 0.842 bits per heavy atom. The zero-order valence-corrected chi connectivity index (χ0v) is 23.7. The normalized spacial score (nSPS) is 13.8. The molecule has 0 aromatic carbocycles. The zero-order chi connectivity index (χ0) is 27.5. The van der Waals surface area contributed by atoms with E-state index in [4.69, 9.17) is 28.4 Å². The van der Waals surface area contributed by atoms with Crippen LogP contribution in [0.25, 0.3) is 0 Å². The van der Waals surface area contributed by atoms with Crippen LogP contribution in [0.4, 0.5) is 0 Å². The third-order valence-corrected chi connectivity index (χ3v) is 5.72. The third-order valence-electron chi connectivity index (χ3n) is 5.72. The lowest BCUT2D eigenvalue weighted by molar-refractivity contribution is -0.138. The Morgan fingerprint density at radius 3 is 1.18 bits per heavy atom. The summed E-state index contributed by atoms with van der Waals surface area (Å²) in [5.41, 5.74) is 0. The maximum Gasteiger partial charge on any atom is 0.236 e. The van der Waals surface area contributed by atoms with Crippen LogP contribution in [-0.4, -0.2) is 153 Å². The van der Waals surface area contributed by atoms with Crippen LogP contribution in [-0.2, 0) is 38.0 Å². The summed E-state index contributed by atoms with van der Waals surface area (Å²) in [6.07, 6.45) is 1.66. The summed E-state index contributed by atoms with van der Waals surface area (Å²) in [5.74, 6) is 0.136. The monoisotopic (exact) mass is 548 g/mol. The summed E-state index contributed by atoms with van der Waals surface area (Å²) < 4.78 is 32.2. The highest BCUT2D eigenvalue weighted by Crippen LogP contribution is 2.02. The number of ether oxygens (including phenoxy) is 6. The zero-order valence-electron chi connectivity index (χ0n) is 23.7. The molecule has 224 valence electrons. The smallest absolute Gasteiger partial charge is 0.236 e. The number of carbonyl (C=O) groups excluding carboxylic acids is 2. The molecule has 12 nitrogen and oxygen atoms in total. The predicted molar refractivity (Wildman–Crippen MR) is 144 cm³/mol. The molecule has 1 aliphatic heterocycles. The first-order valence-electron chi connectivity index (χ1n) is 14.1. The molecule has 0 spiro atoms. The van der Waals surface area contributed by atoms with Gasteiger partial charge in [-0.25, -0.2) is 0 Å². The van der Waals surface area contributed by atoms with Crippen LogP contribution in [0.3, 0.4) is 0 Å². The van der Waals surface area contributed by atoms with Gasteiger partial charge in [0.25, 0.3) is 0 Å². The van der Waals surface area contributed by atoms with Crippen LogP contribution in [0.1, 0.15) is 26.7 Å². The van der Waals surface area contributed by atoms with Crippen molar-refractivity contribution < 1.29 is 38.0 Å². The molecule has 0 saturated carbocycles. The van der Waals surface area contributed by atoms with Crippen LogP contribution in [0.2, 0.25) is 0 Å². The number of rotatable bonds is 26. The van der Waals surface area contributed by atoms with Crippen molar-refractivity contribution in [2.45, 2.75) is 26.7 Å². The minimum atomic E-state index is 0.0681. The summed E-state index contributed by atoms with van der Waals surface area (Å²) in [4.78, 5) is 28.5. The van der Waals surface area contributed by atoms with E-state index in [2.05, 4.69) is 10.6 Å². The molecule has 2 N–H and O–H groups in total. The van der Waals surface area contributed by atoms with Crippen LogP contribution in [0.15, 0.2) is 0 Å². The Hall–Kier alpha value is -1.38. The van der Waals surface area contributed by atoms with E-state index in [1.54, 1.807) is 0 Å². The number of hydrogen-bond donors (Lipinski definition) is 2. The second kappa shape index (κ2) is 25.9. The number of nitrogens with zero attached hydrogens (tertiary/aromatic N) is 2. The van der Waals surface area contributed by atoms with Gasteiger partial charge in [0.15, 0.2) is 0 Å². The Labute approximate surface area is 228 Å². The van der Waals surface area contributed by atoms with Gasteiger partial charge in [0, 0.05) is 52.6 Å². The number of hydrogen-bond acceptors (Lipinski definition) is 10. The standard InChI is InChI=1S/C26H52N4O8/c1-3-33-15-17-37-21-19-35-13-5-7-27-23-25(31)29-9-11-30(12-10-29)26(32)24-28-8-6-14-36-20-22-38-18-16-34-4-2/h27-28H,3-24H2,1-2H3. The third kappa shape index (κ3) is 19.7. The van der Waals surface area contributed by atoms with Gasteiger partial charge in [-0.05, 0) is 39.8 Å². The molecular formula is C26H52N4O8. The van der Waals surface area contributed by atoms with Gasteiger partial charge < -0.3 is 48.9 Å². The lowest BCUT2D eigenvalue weighted by atomic mass is 10.3. The molecule has 1 heterocycles. The van der Waals surface area contributed by atoms with E-state index in [0.29, 0.717) is 132 Å². The number of carbonyl (C=O) groups is 2. The molecule has 2 amide bonds. The molecule has 0 aromatic rings. The molecule has 0 radical (unpaired) electrons. The summed E-state index contributed by atoms with van der Waals surface area (Å²) >= 11 is 0. The Bertz CT molecular complexity index is 517. The average Bonchev–Trinajstić information content (AvgIpc) is 2.94. The van der Waals surface area contributed by atoms with E-state index < -0.39 is 0 Å². The van der Waals surface area contributed by atoms with Gasteiger partial charge in [-0.15, -0.1) is 0 Å². The lowest BCUT2D eigenvalue weighted by Crippen LogP contribution is -2.53. The maximum atomic E-state index is 12.4. The Morgan fingerprint density at radius 1 is 0.526 bits per heavy atom. The molecule has 1 rings (SSSR count). The summed E-state index contributed by atoms with van der Waals surface area (Å²) in [5, 5.41) is 6.35. The second-order valence-electron chi connectivity index (χ2n) is 8.67. The molecule has 1 fully saturated rings. The van der Waals surface area contributed by atoms with E-state index in [0.717, 1.165) is 12.8 Å². The average molecular weight is 549 g/mol. The molecule has 12 heteroatoms. The van der Waals surface area contributed by atoms with Crippen LogP contribution < -0.4 is 10.6 Å². The lowest BCUT2D eigenvalue weighted by Gasteiger charge is -2.35. The van der Waals surface area contributed by atoms with Crippen molar-refractivity contribution in [3.8, 4) is 0 Å². The van der Waals surface area contributed by atoms with Crippen molar-refractivity contribution in [1.82, 2.24) is 20.4 Å². The Kier molecular flexibility index (Phi) is 23.6. The van der Waals surface area contributed by atoms with Crippen molar-refractivity contribution >= 4 is 11.8 Å². The molecule has 0 atom stereocenters. The minimum Gasteiger partial charge on any atom is -0.379 e. The van der Waals surface area contributed by atoms with Crippen molar-refractivity contribution in [1.29, 1.82) is 0 Å². The van der Waals surface area contributed by atoms with E-state index >= 15 is 0 Å². The highest BCUT2D eigenvalue weighted by Gasteiger charge is 2.23. The number of nitrogens with one attached hydrogen (secondary N) is 2.